The van der Waals surface area contributed by atoms with Crippen molar-refractivity contribution >= 4 is 5.97 Å². The summed E-state index contributed by atoms with van der Waals surface area (Å²) in [7, 11) is 0. The van der Waals surface area contributed by atoms with E-state index >= 15 is 0 Å². The molecule has 0 spiro atoms. The van der Waals surface area contributed by atoms with Gasteiger partial charge in [0.25, 0.3) is 0 Å². The number of nitrogens with zero attached hydrogens (tertiary/aromatic N) is 2. The lowest BCUT2D eigenvalue weighted by atomic mass is 9.99. The van der Waals surface area contributed by atoms with Crippen molar-refractivity contribution in [2.75, 3.05) is 13.1 Å². The van der Waals surface area contributed by atoms with Crippen LogP contribution in [0.4, 0.5) is 0 Å². The molecule has 2 heterocycles. The summed E-state index contributed by atoms with van der Waals surface area (Å²) in [6.07, 6.45) is 4.17. The normalized spacial score (nSPS) is 18.2. The van der Waals surface area contributed by atoms with Crippen LogP contribution in [0.15, 0.2) is 18.3 Å². The highest BCUT2D eigenvalue weighted by Crippen LogP contribution is 2.17. The Hall–Kier alpha value is -1.42. The average molecular weight is 234 g/mol. The minimum atomic E-state index is -0.969. The molecule has 0 atom stereocenters. The van der Waals surface area contributed by atoms with E-state index in [-0.39, 0.29) is 5.69 Å². The van der Waals surface area contributed by atoms with Crippen LogP contribution in [-0.4, -0.2) is 34.0 Å². The summed E-state index contributed by atoms with van der Waals surface area (Å²) in [4.78, 5) is 17.0. The van der Waals surface area contributed by atoms with Gasteiger partial charge in [0.2, 0.25) is 0 Å². The molecule has 1 N–H and O–H groups in total. The summed E-state index contributed by atoms with van der Waals surface area (Å²) in [6, 6.07) is 3.43. The van der Waals surface area contributed by atoms with E-state index in [1.165, 1.54) is 12.8 Å². The number of aromatic carboxylic acids is 1. The molecule has 17 heavy (non-hydrogen) atoms. The van der Waals surface area contributed by atoms with Gasteiger partial charge in [-0.05, 0) is 43.5 Å². The molecule has 4 heteroatoms. The summed E-state index contributed by atoms with van der Waals surface area (Å²) >= 11 is 0. The second-order valence-corrected chi connectivity index (χ2v) is 4.82. The second kappa shape index (κ2) is 5.27. The van der Waals surface area contributed by atoms with Gasteiger partial charge in [0.05, 0.1) is 0 Å². The summed E-state index contributed by atoms with van der Waals surface area (Å²) in [5, 5.41) is 8.75. The van der Waals surface area contributed by atoms with Gasteiger partial charge in [-0.25, -0.2) is 9.78 Å². The number of carbonyl (C=O) groups is 1. The molecule has 92 valence electrons. The van der Waals surface area contributed by atoms with Crippen LogP contribution in [0.25, 0.3) is 0 Å². The molecular weight excluding hydrogens is 216 g/mol. The predicted molar refractivity (Wildman–Crippen MR) is 64.9 cm³/mol. The highest BCUT2D eigenvalue weighted by molar-refractivity contribution is 5.85. The fraction of sp³-hybridized carbons (Fsp3) is 0.538. The molecule has 0 aliphatic carbocycles. The minimum absolute atomic E-state index is 0.112. The Labute approximate surface area is 101 Å². The van der Waals surface area contributed by atoms with Crippen molar-refractivity contribution in [3.05, 3.63) is 29.6 Å². The molecule has 0 radical (unpaired) electrons. The van der Waals surface area contributed by atoms with Crippen LogP contribution in [-0.2, 0) is 6.54 Å². The third-order valence-corrected chi connectivity index (χ3v) is 3.33. The summed E-state index contributed by atoms with van der Waals surface area (Å²) in [6.45, 7) is 5.42. The van der Waals surface area contributed by atoms with E-state index in [9.17, 15) is 4.79 Å². The van der Waals surface area contributed by atoms with E-state index in [2.05, 4.69) is 16.8 Å². The molecule has 1 aliphatic heterocycles. The first kappa shape index (κ1) is 12.0. The molecule has 1 aliphatic rings. The summed E-state index contributed by atoms with van der Waals surface area (Å²) in [5.41, 5.74) is 1.20. The van der Waals surface area contributed by atoms with Gasteiger partial charge < -0.3 is 5.11 Å². The zero-order chi connectivity index (χ0) is 12.3. The first-order valence-corrected chi connectivity index (χ1v) is 6.05. The number of carboxylic acid groups (broad SMARTS) is 1. The fourth-order valence-electron chi connectivity index (χ4n) is 2.12. The number of hydrogen-bond acceptors (Lipinski definition) is 3. The van der Waals surface area contributed by atoms with Gasteiger partial charge in [-0.2, -0.15) is 0 Å². The SMILES string of the molecule is CC1CCN(Cc2ccc(C(=O)O)nc2)CC1. The van der Waals surface area contributed by atoms with Crippen molar-refractivity contribution in [1.82, 2.24) is 9.88 Å². The van der Waals surface area contributed by atoms with Crippen molar-refractivity contribution in [2.45, 2.75) is 26.3 Å². The van der Waals surface area contributed by atoms with Gasteiger partial charge in [0.1, 0.15) is 5.69 Å². The molecule has 2 rings (SSSR count). The van der Waals surface area contributed by atoms with Gasteiger partial charge in [-0.3, -0.25) is 4.90 Å². The monoisotopic (exact) mass is 234 g/mol. The molecule has 1 aromatic rings. The van der Waals surface area contributed by atoms with E-state index in [0.29, 0.717) is 0 Å². The number of piperidine rings is 1. The highest BCUT2D eigenvalue weighted by atomic mass is 16.4. The van der Waals surface area contributed by atoms with Gasteiger partial charge in [0.15, 0.2) is 0 Å². The molecule has 0 unspecified atom stereocenters. The van der Waals surface area contributed by atoms with Crippen molar-refractivity contribution in [3.8, 4) is 0 Å². The summed E-state index contributed by atoms with van der Waals surface area (Å²) < 4.78 is 0. The van der Waals surface area contributed by atoms with E-state index < -0.39 is 5.97 Å². The van der Waals surface area contributed by atoms with Crippen LogP contribution in [0, 0.1) is 5.92 Å². The predicted octanol–water partition coefficient (Wildman–Crippen LogP) is 2.01. The van der Waals surface area contributed by atoms with Crippen LogP contribution in [0.3, 0.4) is 0 Å². The Bertz CT molecular complexity index is 381. The van der Waals surface area contributed by atoms with Gasteiger partial charge in [0, 0.05) is 12.7 Å². The van der Waals surface area contributed by atoms with Crippen LogP contribution in [0.2, 0.25) is 0 Å². The van der Waals surface area contributed by atoms with E-state index in [1.54, 1.807) is 12.3 Å². The number of pyridine rings is 1. The Morgan fingerprint density at radius 2 is 2.18 bits per heavy atom. The molecule has 4 nitrogen and oxygen atoms in total. The zero-order valence-corrected chi connectivity index (χ0v) is 10.1. The van der Waals surface area contributed by atoms with E-state index in [0.717, 1.165) is 31.1 Å². The lowest BCUT2D eigenvalue weighted by Crippen LogP contribution is -2.32. The molecule has 0 aromatic carbocycles. The molecule has 1 fully saturated rings. The molecule has 1 aromatic heterocycles. The topological polar surface area (TPSA) is 53.4 Å². The van der Waals surface area contributed by atoms with Gasteiger partial charge in [-0.1, -0.05) is 13.0 Å². The smallest absolute Gasteiger partial charge is 0.354 e. The maximum atomic E-state index is 10.7. The maximum Gasteiger partial charge on any atom is 0.354 e. The Balaban J connectivity index is 1.92. The van der Waals surface area contributed by atoms with Crippen LogP contribution < -0.4 is 0 Å². The van der Waals surface area contributed by atoms with Crippen LogP contribution in [0.5, 0.6) is 0 Å². The molecule has 0 bridgehead atoms. The third kappa shape index (κ3) is 3.27. The lowest BCUT2D eigenvalue weighted by Gasteiger charge is -2.30. The Kier molecular flexibility index (Phi) is 3.74. The van der Waals surface area contributed by atoms with Crippen LogP contribution in [0.1, 0.15) is 35.8 Å². The largest absolute Gasteiger partial charge is 0.477 e. The summed E-state index contributed by atoms with van der Waals surface area (Å²) in [5.74, 6) is -0.137. The Morgan fingerprint density at radius 3 is 2.71 bits per heavy atom. The van der Waals surface area contributed by atoms with Crippen molar-refractivity contribution in [1.29, 1.82) is 0 Å². The molecule has 0 saturated carbocycles. The quantitative estimate of drug-likeness (QED) is 0.869. The van der Waals surface area contributed by atoms with E-state index in [4.69, 9.17) is 5.11 Å². The zero-order valence-electron chi connectivity index (χ0n) is 10.1. The number of rotatable bonds is 3. The first-order valence-electron chi connectivity index (χ1n) is 6.05. The third-order valence-electron chi connectivity index (χ3n) is 3.33. The van der Waals surface area contributed by atoms with Crippen LogP contribution >= 0.6 is 0 Å². The Morgan fingerprint density at radius 1 is 1.47 bits per heavy atom. The van der Waals surface area contributed by atoms with Crippen molar-refractivity contribution in [3.63, 3.8) is 0 Å². The average Bonchev–Trinajstić information content (AvgIpc) is 2.33. The number of carboxylic acids is 1. The van der Waals surface area contributed by atoms with Gasteiger partial charge in [-0.15, -0.1) is 0 Å². The van der Waals surface area contributed by atoms with Crippen molar-refractivity contribution < 1.29 is 9.90 Å². The maximum absolute atomic E-state index is 10.7. The molecule has 0 amide bonds. The highest BCUT2D eigenvalue weighted by Gasteiger charge is 2.15. The van der Waals surface area contributed by atoms with Crippen molar-refractivity contribution in [2.24, 2.45) is 5.92 Å². The van der Waals surface area contributed by atoms with Gasteiger partial charge >= 0.3 is 5.97 Å². The first-order chi connectivity index (χ1) is 8.15. The number of hydrogen-bond donors (Lipinski definition) is 1. The lowest BCUT2D eigenvalue weighted by molar-refractivity contribution is 0.0690. The standard InChI is InChI=1S/C13H18N2O2/c1-10-4-6-15(7-5-10)9-11-2-3-12(13(16)17)14-8-11/h2-3,8,10H,4-7,9H2,1H3,(H,16,17). The van der Waals surface area contributed by atoms with E-state index in [1.807, 2.05) is 6.07 Å². The molecular formula is C13H18N2O2. The number of aromatic nitrogens is 1. The number of likely N-dealkylation sites (tertiary alicyclic amines) is 1. The second-order valence-electron chi connectivity index (χ2n) is 4.82. The minimum Gasteiger partial charge on any atom is -0.477 e. The fourth-order valence-corrected chi connectivity index (χ4v) is 2.12. The molecule has 1 saturated heterocycles.